The summed E-state index contributed by atoms with van der Waals surface area (Å²) >= 11 is 6.08. The number of pyridine rings is 1. The van der Waals surface area contributed by atoms with Gasteiger partial charge in [-0.2, -0.15) is 0 Å². The number of piperidine rings is 1. The number of nitrogens with one attached hydrogen (secondary N) is 1. The number of hydrogen-bond donors (Lipinski definition) is 1. The lowest BCUT2D eigenvalue weighted by Gasteiger charge is -2.26. The van der Waals surface area contributed by atoms with E-state index in [1.807, 2.05) is 11.8 Å². The molecule has 2 heterocycles. The smallest absolute Gasteiger partial charge is 0.257 e. The van der Waals surface area contributed by atoms with Gasteiger partial charge in [0.2, 0.25) is 0 Å². The molecule has 1 aliphatic heterocycles. The number of carbonyl (C=O) groups excluding carboxylic acids is 2. The maximum Gasteiger partial charge on any atom is 0.257 e. The fraction of sp³-hybridized carbons (Fsp3) is 0.316. The van der Waals surface area contributed by atoms with E-state index >= 15 is 0 Å². The summed E-state index contributed by atoms with van der Waals surface area (Å²) in [6.07, 6.45) is 6.17. The zero-order valence-corrected chi connectivity index (χ0v) is 14.8. The fourth-order valence-electron chi connectivity index (χ4n) is 2.90. The van der Waals surface area contributed by atoms with Crippen molar-refractivity contribution in [1.82, 2.24) is 9.88 Å². The Morgan fingerprint density at radius 1 is 1.12 bits per heavy atom. The van der Waals surface area contributed by atoms with Crippen molar-refractivity contribution in [2.45, 2.75) is 26.2 Å². The molecule has 2 aromatic rings. The van der Waals surface area contributed by atoms with Gasteiger partial charge < -0.3 is 10.2 Å². The molecule has 6 heteroatoms. The summed E-state index contributed by atoms with van der Waals surface area (Å²) in [5.74, 6) is -0.382. The Labute approximate surface area is 152 Å². The molecule has 1 N–H and O–H groups in total. The first-order valence-electron chi connectivity index (χ1n) is 8.37. The molecule has 130 valence electrons. The van der Waals surface area contributed by atoms with E-state index in [1.165, 1.54) is 12.4 Å². The van der Waals surface area contributed by atoms with Crippen molar-refractivity contribution in [2.24, 2.45) is 0 Å². The molecule has 1 saturated heterocycles. The molecule has 0 atom stereocenters. The van der Waals surface area contributed by atoms with Gasteiger partial charge in [-0.15, -0.1) is 0 Å². The lowest BCUT2D eigenvalue weighted by molar-refractivity contribution is 0.0724. The number of nitrogens with zero attached hydrogens (tertiary/aromatic N) is 2. The van der Waals surface area contributed by atoms with E-state index in [-0.39, 0.29) is 11.8 Å². The van der Waals surface area contributed by atoms with Gasteiger partial charge in [0.05, 0.1) is 11.1 Å². The van der Waals surface area contributed by atoms with Crippen LogP contribution in [0.25, 0.3) is 0 Å². The molecule has 0 spiro atoms. The Morgan fingerprint density at radius 2 is 1.84 bits per heavy atom. The highest BCUT2D eigenvalue weighted by Gasteiger charge is 2.20. The largest absolute Gasteiger partial charge is 0.339 e. The summed E-state index contributed by atoms with van der Waals surface area (Å²) in [6.45, 7) is 3.36. The van der Waals surface area contributed by atoms with Crippen molar-refractivity contribution >= 4 is 29.1 Å². The summed E-state index contributed by atoms with van der Waals surface area (Å²) in [4.78, 5) is 31.0. The normalized spacial score (nSPS) is 14.2. The molecule has 1 aromatic heterocycles. The Balaban J connectivity index is 1.77. The van der Waals surface area contributed by atoms with Gasteiger partial charge in [0.15, 0.2) is 0 Å². The Bertz CT molecular complexity index is 801. The molecule has 0 bridgehead atoms. The Morgan fingerprint density at radius 3 is 2.60 bits per heavy atom. The number of anilines is 1. The quantitative estimate of drug-likeness (QED) is 0.905. The number of aromatic nitrogens is 1. The van der Waals surface area contributed by atoms with Gasteiger partial charge in [0.25, 0.3) is 11.8 Å². The molecular formula is C19H20ClN3O2. The van der Waals surface area contributed by atoms with Crippen LogP contribution in [0.5, 0.6) is 0 Å². The number of likely N-dealkylation sites (tertiary alicyclic amines) is 1. The van der Waals surface area contributed by atoms with Gasteiger partial charge in [-0.1, -0.05) is 17.7 Å². The third-order valence-electron chi connectivity index (χ3n) is 4.41. The van der Waals surface area contributed by atoms with E-state index in [4.69, 9.17) is 11.6 Å². The second-order valence-corrected chi connectivity index (χ2v) is 6.59. The minimum absolute atomic E-state index is 0.0687. The zero-order chi connectivity index (χ0) is 17.8. The van der Waals surface area contributed by atoms with E-state index < -0.39 is 0 Å². The van der Waals surface area contributed by atoms with Crippen LogP contribution in [0, 0.1) is 6.92 Å². The van der Waals surface area contributed by atoms with Crippen LogP contribution in [0.4, 0.5) is 5.69 Å². The van der Waals surface area contributed by atoms with E-state index in [1.54, 1.807) is 24.3 Å². The van der Waals surface area contributed by atoms with Gasteiger partial charge >= 0.3 is 0 Å². The molecule has 0 unspecified atom stereocenters. The van der Waals surface area contributed by atoms with Gasteiger partial charge in [-0.3, -0.25) is 14.6 Å². The van der Waals surface area contributed by atoms with Crippen LogP contribution in [0.1, 0.15) is 45.5 Å². The number of amides is 2. The minimum Gasteiger partial charge on any atom is -0.339 e. The lowest BCUT2D eigenvalue weighted by Crippen LogP contribution is -2.35. The molecular weight excluding hydrogens is 338 g/mol. The molecule has 5 nitrogen and oxygen atoms in total. The number of halogens is 1. The van der Waals surface area contributed by atoms with E-state index in [0.717, 1.165) is 37.9 Å². The monoisotopic (exact) mass is 357 g/mol. The van der Waals surface area contributed by atoms with Gasteiger partial charge in [-0.05, 0) is 49.9 Å². The average molecular weight is 358 g/mol. The first-order chi connectivity index (χ1) is 12.1. The van der Waals surface area contributed by atoms with Crippen molar-refractivity contribution in [3.63, 3.8) is 0 Å². The maximum absolute atomic E-state index is 12.6. The van der Waals surface area contributed by atoms with Crippen LogP contribution in [-0.2, 0) is 0 Å². The number of benzene rings is 1. The van der Waals surface area contributed by atoms with E-state index in [2.05, 4.69) is 10.3 Å². The third-order valence-corrected chi connectivity index (χ3v) is 4.82. The highest BCUT2D eigenvalue weighted by molar-refractivity contribution is 6.31. The minimum atomic E-state index is -0.314. The number of rotatable bonds is 3. The van der Waals surface area contributed by atoms with Crippen molar-refractivity contribution < 1.29 is 9.59 Å². The highest BCUT2D eigenvalue weighted by atomic mass is 35.5. The standard InChI is InChI=1S/C19H20ClN3O2/c1-13-16(20)6-5-7-17(13)22-18(24)14-10-15(12-21-11-14)19(25)23-8-3-2-4-9-23/h5-7,10-12H,2-4,8-9H2,1H3,(H,22,24). The van der Waals surface area contributed by atoms with Gasteiger partial charge in [-0.25, -0.2) is 0 Å². The van der Waals surface area contributed by atoms with Crippen molar-refractivity contribution in [3.8, 4) is 0 Å². The molecule has 3 rings (SSSR count). The van der Waals surface area contributed by atoms with Crippen LogP contribution in [0.15, 0.2) is 36.7 Å². The molecule has 1 aromatic carbocycles. The number of hydrogen-bond acceptors (Lipinski definition) is 3. The van der Waals surface area contributed by atoms with Gasteiger partial charge in [0, 0.05) is 36.2 Å². The third kappa shape index (κ3) is 3.99. The SMILES string of the molecule is Cc1c(Cl)cccc1NC(=O)c1cncc(C(=O)N2CCCCC2)c1. The highest BCUT2D eigenvalue weighted by Crippen LogP contribution is 2.23. The topological polar surface area (TPSA) is 62.3 Å². The maximum atomic E-state index is 12.6. The summed E-state index contributed by atoms with van der Waals surface area (Å²) in [6, 6.07) is 6.93. The van der Waals surface area contributed by atoms with Crippen molar-refractivity contribution in [3.05, 3.63) is 58.4 Å². The summed E-state index contributed by atoms with van der Waals surface area (Å²) in [7, 11) is 0. The molecule has 0 aliphatic carbocycles. The van der Waals surface area contributed by atoms with Crippen LogP contribution in [0.3, 0.4) is 0 Å². The molecule has 0 saturated carbocycles. The molecule has 2 amide bonds. The first-order valence-corrected chi connectivity index (χ1v) is 8.75. The Hall–Kier alpha value is -2.40. The fourth-order valence-corrected chi connectivity index (χ4v) is 3.07. The summed E-state index contributed by atoms with van der Waals surface area (Å²) in [5, 5.41) is 3.41. The summed E-state index contributed by atoms with van der Waals surface area (Å²) < 4.78 is 0. The molecule has 25 heavy (non-hydrogen) atoms. The van der Waals surface area contributed by atoms with Crippen molar-refractivity contribution in [1.29, 1.82) is 0 Å². The molecule has 0 radical (unpaired) electrons. The second-order valence-electron chi connectivity index (χ2n) is 6.18. The predicted octanol–water partition coefficient (Wildman–Crippen LogP) is 3.92. The van der Waals surface area contributed by atoms with Gasteiger partial charge in [0.1, 0.15) is 0 Å². The van der Waals surface area contributed by atoms with Crippen molar-refractivity contribution in [2.75, 3.05) is 18.4 Å². The second kappa shape index (κ2) is 7.66. The Kier molecular flexibility index (Phi) is 5.34. The predicted molar refractivity (Wildman–Crippen MR) is 98.1 cm³/mol. The summed E-state index contributed by atoms with van der Waals surface area (Å²) in [5.41, 5.74) is 2.23. The van der Waals surface area contributed by atoms with E-state index in [9.17, 15) is 9.59 Å². The average Bonchev–Trinajstić information content (AvgIpc) is 2.65. The molecule has 1 aliphatic rings. The zero-order valence-electron chi connectivity index (χ0n) is 14.1. The number of carbonyl (C=O) groups is 2. The van der Waals surface area contributed by atoms with Crippen LogP contribution in [-0.4, -0.2) is 34.8 Å². The van der Waals surface area contributed by atoms with Crippen LogP contribution < -0.4 is 5.32 Å². The van der Waals surface area contributed by atoms with Crippen LogP contribution in [0.2, 0.25) is 5.02 Å². The lowest BCUT2D eigenvalue weighted by atomic mass is 10.1. The van der Waals surface area contributed by atoms with Crippen LogP contribution >= 0.6 is 11.6 Å². The first kappa shape index (κ1) is 17.4. The molecule has 1 fully saturated rings. The van der Waals surface area contributed by atoms with E-state index in [0.29, 0.717) is 21.8 Å².